The molecule has 8 heteroatoms. The number of H-pyrrole nitrogens is 1. The first-order chi connectivity index (χ1) is 10.1. The van der Waals surface area contributed by atoms with E-state index < -0.39 is 0 Å². The van der Waals surface area contributed by atoms with Crippen LogP contribution in [0.2, 0.25) is 0 Å². The standard InChI is InChI=1S/C13H15N5OS2/c1-7(2)10-15-13(17-16-10)21-8(3)12-14-11(18-19-12)9-5-4-6-20-9/h4-8H,1-3H3,(H,15,16,17). The van der Waals surface area contributed by atoms with Crippen LogP contribution in [0.5, 0.6) is 0 Å². The van der Waals surface area contributed by atoms with Gasteiger partial charge >= 0.3 is 0 Å². The summed E-state index contributed by atoms with van der Waals surface area (Å²) in [5.41, 5.74) is 0. The van der Waals surface area contributed by atoms with Gasteiger partial charge in [0.15, 0.2) is 0 Å². The lowest BCUT2D eigenvalue weighted by atomic mass is 10.2. The van der Waals surface area contributed by atoms with E-state index in [1.165, 1.54) is 11.8 Å². The molecule has 1 atom stereocenters. The van der Waals surface area contributed by atoms with E-state index in [1.54, 1.807) is 11.3 Å². The Hall–Kier alpha value is -1.67. The second kappa shape index (κ2) is 5.98. The van der Waals surface area contributed by atoms with Crippen LogP contribution in [0.15, 0.2) is 27.2 Å². The number of nitrogens with zero attached hydrogens (tertiary/aromatic N) is 4. The number of hydrogen-bond acceptors (Lipinski definition) is 7. The van der Waals surface area contributed by atoms with Crippen molar-refractivity contribution in [2.75, 3.05) is 0 Å². The smallest absolute Gasteiger partial charge is 0.240 e. The molecule has 3 aromatic heterocycles. The summed E-state index contributed by atoms with van der Waals surface area (Å²) >= 11 is 3.09. The maximum atomic E-state index is 5.34. The van der Waals surface area contributed by atoms with E-state index in [0.29, 0.717) is 22.8 Å². The van der Waals surface area contributed by atoms with Gasteiger partial charge in [-0.05, 0) is 18.4 Å². The van der Waals surface area contributed by atoms with Crippen molar-refractivity contribution in [1.29, 1.82) is 0 Å². The molecule has 0 aliphatic heterocycles. The van der Waals surface area contributed by atoms with Crippen LogP contribution in [0.25, 0.3) is 10.7 Å². The first-order valence-corrected chi connectivity index (χ1v) is 8.36. The predicted octanol–water partition coefficient (Wildman–Crippen LogP) is 3.89. The average Bonchev–Trinajstić information content (AvgIpc) is 3.19. The number of thiophene rings is 1. The predicted molar refractivity (Wildman–Crippen MR) is 82.4 cm³/mol. The van der Waals surface area contributed by atoms with Gasteiger partial charge in [0, 0.05) is 5.92 Å². The zero-order valence-electron chi connectivity index (χ0n) is 11.9. The van der Waals surface area contributed by atoms with Crippen molar-refractivity contribution in [3.63, 3.8) is 0 Å². The molecule has 3 rings (SSSR count). The van der Waals surface area contributed by atoms with Crippen LogP contribution in [-0.2, 0) is 0 Å². The van der Waals surface area contributed by atoms with Crippen molar-refractivity contribution >= 4 is 23.1 Å². The van der Waals surface area contributed by atoms with Gasteiger partial charge in [0.05, 0.1) is 10.1 Å². The van der Waals surface area contributed by atoms with Gasteiger partial charge in [-0.15, -0.1) is 16.4 Å². The summed E-state index contributed by atoms with van der Waals surface area (Å²) in [6.45, 7) is 6.15. The molecular weight excluding hydrogens is 306 g/mol. The largest absolute Gasteiger partial charge is 0.338 e. The maximum absolute atomic E-state index is 5.34. The summed E-state index contributed by atoms with van der Waals surface area (Å²) in [5, 5.41) is 13.8. The van der Waals surface area contributed by atoms with Crippen molar-refractivity contribution in [2.24, 2.45) is 0 Å². The van der Waals surface area contributed by atoms with Gasteiger partial charge in [0.1, 0.15) is 5.82 Å². The highest BCUT2D eigenvalue weighted by Gasteiger charge is 2.19. The summed E-state index contributed by atoms with van der Waals surface area (Å²) in [5.74, 6) is 2.43. The molecule has 110 valence electrons. The Morgan fingerprint density at radius 1 is 1.29 bits per heavy atom. The molecule has 0 saturated heterocycles. The first kappa shape index (κ1) is 14.3. The van der Waals surface area contributed by atoms with E-state index in [9.17, 15) is 0 Å². The molecule has 0 spiro atoms. The molecular formula is C13H15N5OS2. The zero-order chi connectivity index (χ0) is 14.8. The summed E-state index contributed by atoms with van der Waals surface area (Å²) in [7, 11) is 0. The third-order valence-corrected chi connectivity index (χ3v) is 4.66. The number of aromatic nitrogens is 5. The van der Waals surface area contributed by atoms with E-state index in [1.807, 2.05) is 24.4 Å². The molecule has 0 fully saturated rings. The van der Waals surface area contributed by atoms with E-state index in [-0.39, 0.29) is 5.25 Å². The molecule has 0 aliphatic rings. The van der Waals surface area contributed by atoms with Gasteiger partial charge in [-0.25, -0.2) is 4.98 Å². The second-order valence-corrected chi connectivity index (χ2v) is 7.11. The SMILES string of the molecule is CC(C)c1nc(SC(C)c2nc(-c3cccs3)no2)n[nH]1. The Labute approximate surface area is 130 Å². The minimum Gasteiger partial charge on any atom is -0.338 e. The van der Waals surface area contributed by atoms with Crippen molar-refractivity contribution in [3.8, 4) is 10.7 Å². The van der Waals surface area contributed by atoms with Crippen LogP contribution in [0.4, 0.5) is 0 Å². The third-order valence-electron chi connectivity index (χ3n) is 2.84. The molecule has 21 heavy (non-hydrogen) atoms. The minimum absolute atomic E-state index is 0.00187. The molecule has 0 radical (unpaired) electrons. The Bertz CT molecular complexity index is 704. The van der Waals surface area contributed by atoms with Gasteiger partial charge in [-0.2, -0.15) is 4.98 Å². The van der Waals surface area contributed by atoms with Crippen LogP contribution >= 0.6 is 23.1 Å². The molecule has 6 nitrogen and oxygen atoms in total. The Morgan fingerprint density at radius 3 is 2.81 bits per heavy atom. The molecule has 1 unspecified atom stereocenters. The number of hydrogen-bond donors (Lipinski definition) is 1. The van der Waals surface area contributed by atoms with E-state index in [0.717, 1.165) is 10.7 Å². The van der Waals surface area contributed by atoms with E-state index >= 15 is 0 Å². The lowest BCUT2D eigenvalue weighted by Crippen LogP contribution is -1.91. The number of nitrogens with one attached hydrogen (secondary N) is 1. The minimum atomic E-state index is 0.00187. The molecule has 3 aromatic rings. The topological polar surface area (TPSA) is 80.5 Å². The van der Waals surface area contributed by atoms with Crippen LogP contribution < -0.4 is 0 Å². The molecule has 0 saturated carbocycles. The lowest BCUT2D eigenvalue weighted by molar-refractivity contribution is 0.381. The molecule has 1 N–H and O–H groups in total. The first-order valence-electron chi connectivity index (χ1n) is 6.60. The van der Waals surface area contributed by atoms with Crippen LogP contribution in [0.3, 0.4) is 0 Å². The van der Waals surface area contributed by atoms with E-state index in [2.05, 4.69) is 39.2 Å². The molecule has 0 amide bonds. The van der Waals surface area contributed by atoms with Crippen molar-refractivity contribution < 1.29 is 4.52 Å². The Balaban J connectivity index is 1.71. The maximum Gasteiger partial charge on any atom is 0.240 e. The quantitative estimate of drug-likeness (QED) is 0.718. The van der Waals surface area contributed by atoms with Crippen molar-refractivity contribution in [1.82, 2.24) is 25.3 Å². The highest BCUT2D eigenvalue weighted by Crippen LogP contribution is 2.33. The second-order valence-electron chi connectivity index (χ2n) is 4.85. The van der Waals surface area contributed by atoms with Crippen LogP contribution in [0, 0.1) is 0 Å². The average molecular weight is 321 g/mol. The number of thioether (sulfide) groups is 1. The van der Waals surface area contributed by atoms with Gasteiger partial charge in [0.2, 0.25) is 16.9 Å². The highest BCUT2D eigenvalue weighted by molar-refractivity contribution is 7.99. The van der Waals surface area contributed by atoms with Crippen LogP contribution in [-0.4, -0.2) is 25.3 Å². The fourth-order valence-corrected chi connectivity index (χ4v) is 3.10. The van der Waals surface area contributed by atoms with Crippen LogP contribution in [0.1, 0.15) is 43.7 Å². The van der Waals surface area contributed by atoms with Crippen molar-refractivity contribution in [3.05, 3.63) is 29.2 Å². The molecule has 3 heterocycles. The van der Waals surface area contributed by atoms with Gasteiger partial charge < -0.3 is 4.52 Å². The Kier molecular flexibility index (Phi) is 4.07. The normalized spacial score (nSPS) is 13.0. The summed E-state index contributed by atoms with van der Waals surface area (Å²) in [6, 6.07) is 3.94. The lowest BCUT2D eigenvalue weighted by Gasteiger charge is -2.01. The zero-order valence-corrected chi connectivity index (χ0v) is 13.5. The highest BCUT2D eigenvalue weighted by atomic mass is 32.2. The fourth-order valence-electron chi connectivity index (χ4n) is 1.68. The molecule has 0 bridgehead atoms. The third kappa shape index (κ3) is 3.16. The van der Waals surface area contributed by atoms with Gasteiger partial charge in [-0.1, -0.05) is 36.8 Å². The monoisotopic (exact) mass is 321 g/mol. The summed E-state index contributed by atoms with van der Waals surface area (Å²) in [4.78, 5) is 9.88. The van der Waals surface area contributed by atoms with Crippen molar-refractivity contribution in [2.45, 2.75) is 37.1 Å². The summed E-state index contributed by atoms with van der Waals surface area (Å²) < 4.78 is 5.34. The number of rotatable bonds is 5. The van der Waals surface area contributed by atoms with Gasteiger partial charge in [0.25, 0.3) is 0 Å². The molecule has 0 aliphatic carbocycles. The Morgan fingerprint density at radius 2 is 2.14 bits per heavy atom. The fraction of sp³-hybridized carbons (Fsp3) is 0.385. The molecule has 0 aromatic carbocycles. The number of aromatic amines is 1. The summed E-state index contributed by atoms with van der Waals surface area (Å²) in [6.07, 6.45) is 0. The van der Waals surface area contributed by atoms with Gasteiger partial charge in [-0.3, -0.25) is 5.10 Å². The van der Waals surface area contributed by atoms with E-state index in [4.69, 9.17) is 4.52 Å².